The van der Waals surface area contributed by atoms with Crippen LogP contribution in [0.1, 0.15) is 58.3 Å². The minimum atomic E-state index is 0. The van der Waals surface area contributed by atoms with E-state index < -0.39 is 0 Å². The Labute approximate surface area is 247 Å². The second kappa shape index (κ2) is 15.8. The lowest BCUT2D eigenvalue weighted by molar-refractivity contribution is -0.001000. The van der Waals surface area contributed by atoms with Gasteiger partial charge in [-0.2, -0.15) is 0 Å². The normalized spacial score (nSPS) is 11.7. The lowest BCUT2D eigenvalue weighted by atomic mass is 10.0. The number of rotatable bonds is 12. The van der Waals surface area contributed by atoms with Gasteiger partial charge in [-0.05, 0) is 79.6 Å². The Kier molecular flexibility index (Phi) is 12.9. The quantitative estimate of drug-likeness (QED) is 0.261. The molecule has 0 saturated carbocycles. The maximum absolute atomic E-state index is 3.95. The summed E-state index contributed by atoms with van der Waals surface area (Å²) in [5.74, 6) is 0. The standard InChI is InChI=1S/C35H38N2.2ClH/c1-5-7-34(30-17-9-26(3)10-18-30)36-32-21-13-28(14-22-32)25-29-15-23-33(24-16-29)37-35(8-6-2)31-19-11-27(4)12-20-31;;/h5-6,9-24,34-37H,1-2,7-8,25H2,3-4H3;2*1H/p-2. The van der Waals surface area contributed by atoms with Gasteiger partial charge in [-0.3, -0.25) is 0 Å². The molecule has 0 bridgehead atoms. The van der Waals surface area contributed by atoms with Crippen molar-refractivity contribution >= 4 is 11.4 Å². The maximum Gasteiger partial charge on any atom is 0.0548 e. The minimum absolute atomic E-state index is 0. The predicted octanol–water partition coefficient (Wildman–Crippen LogP) is 3.36. The minimum Gasteiger partial charge on any atom is -1.00 e. The average Bonchev–Trinajstić information content (AvgIpc) is 2.91. The van der Waals surface area contributed by atoms with E-state index in [-0.39, 0.29) is 36.9 Å². The molecule has 2 unspecified atom stereocenters. The molecule has 0 aromatic heterocycles. The first kappa shape index (κ1) is 31.8. The van der Waals surface area contributed by atoms with Crippen LogP contribution in [-0.4, -0.2) is 0 Å². The molecule has 2 N–H and O–H groups in total. The molecule has 0 aliphatic carbocycles. The van der Waals surface area contributed by atoms with Gasteiger partial charge >= 0.3 is 0 Å². The third kappa shape index (κ3) is 9.35. The molecule has 0 heterocycles. The molecule has 204 valence electrons. The smallest absolute Gasteiger partial charge is 0.0548 e. The molecule has 2 nitrogen and oxygen atoms in total. The molecule has 39 heavy (non-hydrogen) atoms. The fourth-order valence-corrected chi connectivity index (χ4v) is 4.56. The lowest BCUT2D eigenvalue weighted by Gasteiger charge is -2.20. The SMILES string of the molecule is C=CCC(Nc1ccc(Cc2ccc(NC(CC=C)c3ccc(C)cc3)cc2)cc1)c1ccc(C)cc1.[Cl-].[Cl-]. The average molecular weight is 558 g/mol. The van der Waals surface area contributed by atoms with Crippen molar-refractivity contribution in [3.8, 4) is 0 Å². The Morgan fingerprint density at radius 3 is 1.18 bits per heavy atom. The molecule has 4 aromatic rings. The number of hydrogen-bond acceptors (Lipinski definition) is 2. The number of nitrogens with one attached hydrogen (secondary N) is 2. The van der Waals surface area contributed by atoms with E-state index in [2.05, 4.69) is 135 Å². The molecule has 0 amide bonds. The molecule has 2 atom stereocenters. The van der Waals surface area contributed by atoms with E-state index in [9.17, 15) is 0 Å². The molecule has 0 radical (unpaired) electrons. The van der Waals surface area contributed by atoms with Crippen molar-refractivity contribution in [2.24, 2.45) is 0 Å². The van der Waals surface area contributed by atoms with E-state index in [1.54, 1.807) is 0 Å². The fourth-order valence-electron chi connectivity index (χ4n) is 4.56. The Morgan fingerprint density at radius 2 is 0.872 bits per heavy atom. The first-order chi connectivity index (χ1) is 18.0. The van der Waals surface area contributed by atoms with E-state index in [0.29, 0.717) is 0 Å². The molecular weight excluding hydrogens is 519 g/mol. The van der Waals surface area contributed by atoms with Gasteiger partial charge in [0, 0.05) is 11.4 Å². The van der Waals surface area contributed by atoms with Crippen molar-refractivity contribution in [1.29, 1.82) is 0 Å². The Hall–Kier alpha value is -3.46. The zero-order chi connectivity index (χ0) is 26.0. The molecule has 4 aromatic carbocycles. The van der Waals surface area contributed by atoms with E-state index in [0.717, 1.165) is 30.6 Å². The third-order valence-corrected chi connectivity index (χ3v) is 6.76. The van der Waals surface area contributed by atoms with Crippen LogP contribution in [0, 0.1) is 13.8 Å². The molecule has 0 fully saturated rings. The Balaban J connectivity index is 0.00000267. The van der Waals surface area contributed by atoms with Crippen LogP contribution >= 0.6 is 0 Å². The summed E-state index contributed by atoms with van der Waals surface area (Å²) >= 11 is 0. The van der Waals surface area contributed by atoms with Crippen LogP contribution in [0.5, 0.6) is 0 Å². The molecular formula is C35H38Cl2N2-2. The number of anilines is 2. The van der Waals surface area contributed by atoms with Gasteiger partial charge in [-0.25, -0.2) is 0 Å². The van der Waals surface area contributed by atoms with Gasteiger partial charge < -0.3 is 35.4 Å². The fraction of sp³-hybridized carbons (Fsp3) is 0.200. The van der Waals surface area contributed by atoms with Crippen LogP contribution in [-0.2, 0) is 6.42 Å². The van der Waals surface area contributed by atoms with Crippen molar-refractivity contribution in [3.63, 3.8) is 0 Å². The molecule has 4 rings (SSSR count). The second-order valence-corrected chi connectivity index (χ2v) is 9.83. The van der Waals surface area contributed by atoms with Crippen molar-refractivity contribution in [3.05, 3.63) is 156 Å². The highest BCUT2D eigenvalue weighted by Gasteiger charge is 2.11. The van der Waals surface area contributed by atoms with Crippen LogP contribution < -0.4 is 35.4 Å². The first-order valence-corrected chi connectivity index (χ1v) is 13.1. The van der Waals surface area contributed by atoms with Crippen LogP contribution in [0.25, 0.3) is 0 Å². The predicted molar refractivity (Wildman–Crippen MR) is 160 cm³/mol. The van der Waals surface area contributed by atoms with Gasteiger partial charge in [0.2, 0.25) is 0 Å². The number of benzene rings is 4. The summed E-state index contributed by atoms with van der Waals surface area (Å²) in [7, 11) is 0. The van der Waals surface area contributed by atoms with Crippen molar-refractivity contribution in [1.82, 2.24) is 0 Å². The summed E-state index contributed by atoms with van der Waals surface area (Å²) in [5, 5.41) is 7.35. The zero-order valence-electron chi connectivity index (χ0n) is 22.8. The van der Waals surface area contributed by atoms with E-state index in [1.165, 1.54) is 33.4 Å². The lowest BCUT2D eigenvalue weighted by Crippen LogP contribution is -3.00. The van der Waals surface area contributed by atoms with Crippen molar-refractivity contribution < 1.29 is 24.8 Å². The van der Waals surface area contributed by atoms with E-state index in [4.69, 9.17) is 0 Å². The van der Waals surface area contributed by atoms with E-state index >= 15 is 0 Å². The van der Waals surface area contributed by atoms with Crippen LogP contribution in [0.4, 0.5) is 11.4 Å². The molecule has 4 heteroatoms. The second-order valence-electron chi connectivity index (χ2n) is 9.83. The summed E-state index contributed by atoms with van der Waals surface area (Å²) in [6.07, 6.45) is 6.61. The van der Waals surface area contributed by atoms with Crippen molar-refractivity contribution in [2.75, 3.05) is 10.6 Å². The molecule has 0 aliphatic heterocycles. The van der Waals surface area contributed by atoms with Gasteiger partial charge in [0.25, 0.3) is 0 Å². The van der Waals surface area contributed by atoms with E-state index in [1.807, 2.05) is 12.2 Å². The summed E-state index contributed by atoms with van der Waals surface area (Å²) in [5.41, 5.74) is 9.95. The number of halogens is 2. The molecule has 0 aliphatic rings. The van der Waals surface area contributed by atoms with Crippen molar-refractivity contribution in [2.45, 2.75) is 45.2 Å². The van der Waals surface area contributed by atoms with Gasteiger partial charge in [0.1, 0.15) is 0 Å². The number of aryl methyl sites for hydroxylation is 2. The zero-order valence-corrected chi connectivity index (χ0v) is 24.4. The van der Waals surface area contributed by atoms with Crippen LogP contribution in [0.2, 0.25) is 0 Å². The summed E-state index contributed by atoms with van der Waals surface area (Å²) in [6, 6.07) is 35.5. The summed E-state index contributed by atoms with van der Waals surface area (Å²) in [4.78, 5) is 0. The highest BCUT2D eigenvalue weighted by molar-refractivity contribution is 5.50. The summed E-state index contributed by atoms with van der Waals surface area (Å²) < 4.78 is 0. The third-order valence-electron chi connectivity index (χ3n) is 6.76. The van der Waals surface area contributed by atoms with Gasteiger partial charge in [-0.15, -0.1) is 13.2 Å². The topological polar surface area (TPSA) is 24.1 Å². The van der Waals surface area contributed by atoms with Crippen LogP contribution in [0.3, 0.4) is 0 Å². The van der Waals surface area contributed by atoms with Crippen LogP contribution in [0.15, 0.2) is 122 Å². The van der Waals surface area contributed by atoms with Gasteiger partial charge in [0.15, 0.2) is 0 Å². The van der Waals surface area contributed by atoms with Gasteiger partial charge in [-0.1, -0.05) is 96.1 Å². The first-order valence-electron chi connectivity index (χ1n) is 13.1. The Morgan fingerprint density at radius 1 is 0.538 bits per heavy atom. The highest BCUT2D eigenvalue weighted by atomic mass is 35.5. The molecule has 0 saturated heterocycles. The highest BCUT2D eigenvalue weighted by Crippen LogP contribution is 2.26. The number of hydrogen-bond donors (Lipinski definition) is 2. The Bertz CT molecular complexity index is 1180. The maximum atomic E-state index is 3.95. The largest absolute Gasteiger partial charge is 1.00 e. The van der Waals surface area contributed by atoms with Gasteiger partial charge in [0.05, 0.1) is 12.1 Å². The summed E-state index contributed by atoms with van der Waals surface area (Å²) in [6.45, 7) is 12.1. The monoisotopic (exact) mass is 556 g/mol. The molecule has 0 spiro atoms.